The van der Waals surface area contributed by atoms with Gasteiger partial charge in [0.05, 0.1) is 0 Å². The highest BCUT2D eigenvalue weighted by molar-refractivity contribution is 5.97. The minimum Gasteiger partial charge on any atom is -0.344 e. The van der Waals surface area contributed by atoms with Crippen LogP contribution in [0.1, 0.15) is 59.3 Å². The maximum Gasteiger partial charge on any atom is 0.246 e. The molecule has 27 heavy (non-hydrogen) atoms. The van der Waals surface area contributed by atoms with Crippen molar-refractivity contribution in [1.29, 1.82) is 0 Å². The van der Waals surface area contributed by atoms with Crippen LogP contribution in [0.3, 0.4) is 0 Å². The van der Waals surface area contributed by atoms with Gasteiger partial charge in [-0.05, 0) is 49.4 Å². The Kier molecular flexibility index (Phi) is 7.82. The molecular weight excluding hydrogens is 342 g/mol. The van der Waals surface area contributed by atoms with Crippen molar-refractivity contribution >= 4 is 29.1 Å². The fourth-order valence-electron chi connectivity index (χ4n) is 3.43. The van der Waals surface area contributed by atoms with Crippen LogP contribution in [-0.2, 0) is 14.4 Å². The normalized spacial score (nSPS) is 15.9. The smallest absolute Gasteiger partial charge is 0.246 e. The van der Waals surface area contributed by atoms with Gasteiger partial charge in [0.15, 0.2) is 0 Å². The number of carbonyl (C=O) groups is 3. The Morgan fingerprint density at radius 2 is 1.52 bits per heavy atom. The SMILES string of the molecule is CC(=O)Nc1ccc(NC(=O)[C@@H](CC(C)C)NC(=O)C2CCCCC2)cc1. The van der Waals surface area contributed by atoms with Gasteiger partial charge in [0.2, 0.25) is 17.7 Å². The molecule has 3 amide bonds. The molecule has 0 spiro atoms. The molecule has 148 valence electrons. The zero-order valence-corrected chi connectivity index (χ0v) is 16.5. The molecular formula is C21H31N3O3. The van der Waals surface area contributed by atoms with Crippen molar-refractivity contribution < 1.29 is 14.4 Å². The second-order valence-electron chi connectivity index (χ2n) is 7.77. The third-order valence-electron chi connectivity index (χ3n) is 4.79. The quantitative estimate of drug-likeness (QED) is 0.681. The molecule has 0 radical (unpaired) electrons. The summed E-state index contributed by atoms with van der Waals surface area (Å²) < 4.78 is 0. The lowest BCUT2D eigenvalue weighted by Gasteiger charge is -2.25. The Labute approximate surface area is 161 Å². The molecule has 6 nitrogen and oxygen atoms in total. The van der Waals surface area contributed by atoms with Crippen LogP contribution >= 0.6 is 0 Å². The lowest BCUT2D eigenvalue weighted by molar-refractivity contribution is -0.130. The Morgan fingerprint density at radius 1 is 0.963 bits per heavy atom. The van der Waals surface area contributed by atoms with Gasteiger partial charge in [-0.25, -0.2) is 0 Å². The van der Waals surface area contributed by atoms with Gasteiger partial charge in [-0.2, -0.15) is 0 Å². The summed E-state index contributed by atoms with van der Waals surface area (Å²) in [4.78, 5) is 36.4. The lowest BCUT2D eigenvalue weighted by Crippen LogP contribution is -2.47. The number of carbonyl (C=O) groups excluding carboxylic acids is 3. The fourth-order valence-corrected chi connectivity index (χ4v) is 3.43. The molecule has 1 aliphatic carbocycles. The Balaban J connectivity index is 1.98. The number of nitrogens with one attached hydrogen (secondary N) is 3. The van der Waals surface area contributed by atoms with Crippen molar-refractivity contribution in [2.45, 2.75) is 65.3 Å². The van der Waals surface area contributed by atoms with Crippen LogP contribution in [0.15, 0.2) is 24.3 Å². The van der Waals surface area contributed by atoms with Crippen LogP contribution in [0.2, 0.25) is 0 Å². The van der Waals surface area contributed by atoms with E-state index >= 15 is 0 Å². The molecule has 1 aromatic rings. The molecule has 2 rings (SSSR count). The first-order chi connectivity index (χ1) is 12.8. The van der Waals surface area contributed by atoms with E-state index in [0.29, 0.717) is 17.8 Å². The highest BCUT2D eigenvalue weighted by Crippen LogP contribution is 2.24. The van der Waals surface area contributed by atoms with Crippen molar-refractivity contribution in [2.75, 3.05) is 10.6 Å². The summed E-state index contributed by atoms with van der Waals surface area (Å²) in [6.07, 6.45) is 5.76. The van der Waals surface area contributed by atoms with Crippen molar-refractivity contribution in [2.24, 2.45) is 11.8 Å². The highest BCUT2D eigenvalue weighted by atomic mass is 16.2. The van der Waals surface area contributed by atoms with Crippen molar-refractivity contribution in [3.8, 4) is 0 Å². The minimum atomic E-state index is -0.547. The molecule has 1 aromatic carbocycles. The van der Waals surface area contributed by atoms with E-state index < -0.39 is 6.04 Å². The summed E-state index contributed by atoms with van der Waals surface area (Å²) in [5.74, 6) is -0.0430. The van der Waals surface area contributed by atoms with E-state index in [2.05, 4.69) is 16.0 Å². The zero-order chi connectivity index (χ0) is 19.8. The van der Waals surface area contributed by atoms with E-state index in [1.54, 1.807) is 24.3 Å². The van der Waals surface area contributed by atoms with Gasteiger partial charge in [-0.1, -0.05) is 33.1 Å². The molecule has 1 fully saturated rings. The first-order valence-electron chi connectivity index (χ1n) is 9.84. The van der Waals surface area contributed by atoms with Crippen LogP contribution in [0.4, 0.5) is 11.4 Å². The molecule has 1 saturated carbocycles. The van der Waals surface area contributed by atoms with Crippen molar-refractivity contribution in [1.82, 2.24) is 5.32 Å². The standard InChI is InChI=1S/C21H31N3O3/c1-14(2)13-19(24-20(26)16-7-5-4-6-8-16)21(27)23-18-11-9-17(10-12-18)22-15(3)25/h9-12,14,16,19H,4-8,13H2,1-3H3,(H,22,25)(H,23,27)(H,24,26)/t19-/m1/s1. The predicted octanol–water partition coefficient (Wildman–Crippen LogP) is 3.69. The van der Waals surface area contributed by atoms with E-state index in [-0.39, 0.29) is 29.6 Å². The van der Waals surface area contributed by atoms with E-state index in [1.165, 1.54) is 13.3 Å². The molecule has 0 unspecified atom stereocenters. The van der Waals surface area contributed by atoms with Crippen molar-refractivity contribution in [3.05, 3.63) is 24.3 Å². The number of anilines is 2. The van der Waals surface area contributed by atoms with Crippen LogP contribution < -0.4 is 16.0 Å². The fraction of sp³-hybridized carbons (Fsp3) is 0.571. The van der Waals surface area contributed by atoms with Crippen LogP contribution in [0.5, 0.6) is 0 Å². The Bertz CT molecular complexity index is 649. The largest absolute Gasteiger partial charge is 0.344 e. The van der Waals surface area contributed by atoms with E-state index in [1.807, 2.05) is 13.8 Å². The van der Waals surface area contributed by atoms with E-state index in [9.17, 15) is 14.4 Å². The van der Waals surface area contributed by atoms with Crippen molar-refractivity contribution in [3.63, 3.8) is 0 Å². The first kappa shape index (κ1) is 20.9. The Morgan fingerprint density at radius 3 is 2.04 bits per heavy atom. The molecule has 0 heterocycles. The molecule has 0 bridgehead atoms. The summed E-state index contributed by atoms with van der Waals surface area (Å²) >= 11 is 0. The van der Waals surface area contributed by atoms with Gasteiger partial charge in [-0.15, -0.1) is 0 Å². The van der Waals surface area contributed by atoms with Crippen LogP contribution in [-0.4, -0.2) is 23.8 Å². The first-order valence-corrected chi connectivity index (χ1v) is 9.84. The zero-order valence-electron chi connectivity index (χ0n) is 16.5. The average Bonchev–Trinajstić information content (AvgIpc) is 2.62. The lowest BCUT2D eigenvalue weighted by atomic mass is 9.88. The highest BCUT2D eigenvalue weighted by Gasteiger charge is 2.27. The monoisotopic (exact) mass is 373 g/mol. The second-order valence-corrected chi connectivity index (χ2v) is 7.77. The van der Waals surface area contributed by atoms with Crippen LogP contribution in [0.25, 0.3) is 0 Å². The Hall–Kier alpha value is -2.37. The molecule has 0 saturated heterocycles. The molecule has 0 aliphatic heterocycles. The predicted molar refractivity (Wildman–Crippen MR) is 107 cm³/mol. The molecule has 1 atom stereocenters. The molecule has 3 N–H and O–H groups in total. The topological polar surface area (TPSA) is 87.3 Å². The molecule has 6 heteroatoms. The van der Waals surface area contributed by atoms with Gasteiger partial charge < -0.3 is 16.0 Å². The van der Waals surface area contributed by atoms with Gasteiger partial charge in [-0.3, -0.25) is 14.4 Å². The summed E-state index contributed by atoms with van der Waals surface area (Å²) in [6.45, 7) is 5.52. The number of amides is 3. The summed E-state index contributed by atoms with van der Waals surface area (Å²) in [5.41, 5.74) is 1.31. The third kappa shape index (κ3) is 7.04. The van der Waals surface area contributed by atoms with Gasteiger partial charge in [0.1, 0.15) is 6.04 Å². The van der Waals surface area contributed by atoms with Crippen LogP contribution in [0, 0.1) is 11.8 Å². The van der Waals surface area contributed by atoms with Gasteiger partial charge in [0.25, 0.3) is 0 Å². The number of benzene rings is 1. The van der Waals surface area contributed by atoms with E-state index in [4.69, 9.17) is 0 Å². The van der Waals surface area contributed by atoms with Gasteiger partial charge >= 0.3 is 0 Å². The summed E-state index contributed by atoms with van der Waals surface area (Å²) in [5, 5.41) is 8.53. The third-order valence-corrected chi connectivity index (χ3v) is 4.79. The number of hydrogen-bond donors (Lipinski definition) is 3. The molecule has 1 aliphatic rings. The van der Waals surface area contributed by atoms with E-state index in [0.717, 1.165) is 25.7 Å². The second kappa shape index (κ2) is 10.1. The maximum absolute atomic E-state index is 12.7. The summed E-state index contributed by atoms with van der Waals surface area (Å²) in [6, 6.07) is 6.39. The maximum atomic E-state index is 12.7. The number of hydrogen-bond acceptors (Lipinski definition) is 3. The average molecular weight is 373 g/mol. The summed E-state index contributed by atoms with van der Waals surface area (Å²) in [7, 11) is 0. The number of rotatable bonds is 7. The molecule has 0 aromatic heterocycles. The van der Waals surface area contributed by atoms with Gasteiger partial charge in [0, 0.05) is 24.2 Å². The minimum absolute atomic E-state index is 0.00324.